The van der Waals surface area contributed by atoms with Crippen LogP contribution in [0, 0.1) is 5.82 Å². The highest BCUT2D eigenvalue weighted by Gasteiger charge is 2.26. The first-order valence-corrected chi connectivity index (χ1v) is 10.2. The highest BCUT2D eigenvalue weighted by molar-refractivity contribution is 5.79. The van der Waals surface area contributed by atoms with Gasteiger partial charge in [-0.1, -0.05) is 0 Å². The molecule has 10 heteroatoms. The predicted molar refractivity (Wildman–Crippen MR) is 110 cm³/mol. The molecule has 0 radical (unpaired) electrons. The second-order valence-corrected chi connectivity index (χ2v) is 7.40. The van der Waals surface area contributed by atoms with Crippen LogP contribution >= 0.6 is 0 Å². The molecule has 31 heavy (non-hydrogen) atoms. The monoisotopic (exact) mass is 430 g/mol. The summed E-state index contributed by atoms with van der Waals surface area (Å²) in [6.07, 6.45) is 2.66. The molecular formula is C21H23FN4O5. The molecule has 0 spiro atoms. The molecule has 0 saturated carbocycles. The van der Waals surface area contributed by atoms with E-state index in [0.29, 0.717) is 12.3 Å². The molecule has 2 atom stereocenters. The Bertz CT molecular complexity index is 1220. The molecule has 9 nitrogen and oxygen atoms in total. The number of imidazole rings is 1. The molecule has 0 bridgehead atoms. The predicted octanol–water partition coefficient (Wildman–Crippen LogP) is 1.79. The third-order valence-electron chi connectivity index (χ3n) is 5.40. The largest absolute Gasteiger partial charge is 0.464 e. The van der Waals surface area contributed by atoms with E-state index in [1.54, 1.807) is 13.8 Å². The lowest BCUT2D eigenvalue weighted by Gasteiger charge is -2.17. The number of aromatic nitrogens is 4. The average Bonchev–Trinajstić information content (AvgIpc) is 3.42. The van der Waals surface area contributed by atoms with Crippen molar-refractivity contribution in [1.29, 1.82) is 0 Å². The Morgan fingerprint density at radius 2 is 2.06 bits per heavy atom. The van der Waals surface area contributed by atoms with Crippen LogP contribution in [0.15, 0.2) is 40.2 Å². The Hall–Kier alpha value is -3.27. The van der Waals surface area contributed by atoms with Crippen molar-refractivity contribution in [2.24, 2.45) is 0 Å². The number of esters is 1. The Morgan fingerprint density at radius 1 is 1.32 bits per heavy atom. The molecule has 0 N–H and O–H groups in total. The van der Waals surface area contributed by atoms with Crippen LogP contribution < -0.4 is 11.2 Å². The molecule has 4 rings (SSSR count). The van der Waals surface area contributed by atoms with Gasteiger partial charge in [0.25, 0.3) is 5.56 Å². The van der Waals surface area contributed by atoms with Crippen molar-refractivity contribution in [2.45, 2.75) is 45.4 Å². The van der Waals surface area contributed by atoms with Crippen LogP contribution in [0.2, 0.25) is 0 Å². The van der Waals surface area contributed by atoms with E-state index in [1.165, 1.54) is 39.7 Å². The number of fused-ring (bicyclic) bond motifs is 1. The molecule has 0 unspecified atom stereocenters. The standard InChI is InChI=1S/C21H23FN4O5/c1-3-30-20(28)13(2)25-12-23-18-17(25)19(27)24(11-16-5-4-10-31-16)21(29)26(18)15-8-6-14(22)7-9-15/h6-9,12-13,16H,3-5,10-11H2,1-2H3/t13-,16+/m1/s1. The van der Waals surface area contributed by atoms with E-state index in [-0.39, 0.29) is 30.4 Å². The van der Waals surface area contributed by atoms with Gasteiger partial charge in [0.05, 0.1) is 31.3 Å². The van der Waals surface area contributed by atoms with Crippen molar-refractivity contribution in [2.75, 3.05) is 13.2 Å². The molecule has 1 fully saturated rings. The van der Waals surface area contributed by atoms with Gasteiger partial charge in [0.1, 0.15) is 11.9 Å². The maximum absolute atomic E-state index is 13.5. The fourth-order valence-electron chi connectivity index (χ4n) is 3.79. The first kappa shape index (κ1) is 21.0. The average molecular weight is 430 g/mol. The Kier molecular flexibility index (Phi) is 5.73. The van der Waals surface area contributed by atoms with Gasteiger partial charge >= 0.3 is 11.7 Å². The van der Waals surface area contributed by atoms with Gasteiger partial charge in [-0.15, -0.1) is 0 Å². The van der Waals surface area contributed by atoms with Crippen molar-refractivity contribution < 1.29 is 18.7 Å². The Balaban J connectivity index is 1.96. The van der Waals surface area contributed by atoms with Crippen LogP contribution in [0.25, 0.3) is 16.9 Å². The minimum absolute atomic E-state index is 0.0772. The van der Waals surface area contributed by atoms with Crippen LogP contribution in [-0.4, -0.2) is 44.0 Å². The second kappa shape index (κ2) is 8.46. The van der Waals surface area contributed by atoms with E-state index in [4.69, 9.17) is 9.47 Å². The zero-order chi connectivity index (χ0) is 22.1. The van der Waals surface area contributed by atoms with Crippen LogP contribution in [0.3, 0.4) is 0 Å². The number of nitrogens with zero attached hydrogens (tertiary/aromatic N) is 4. The summed E-state index contributed by atoms with van der Waals surface area (Å²) in [5, 5.41) is 0. The summed E-state index contributed by atoms with van der Waals surface area (Å²) in [7, 11) is 0. The summed E-state index contributed by atoms with van der Waals surface area (Å²) in [5.74, 6) is -0.978. The maximum atomic E-state index is 13.5. The molecule has 1 aromatic carbocycles. The first-order valence-electron chi connectivity index (χ1n) is 10.2. The van der Waals surface area contributed by atoms with E-state index in [1.807, 2.05) is 0 Å². The minimum Gasteiger partial charge on any atom is -0.464 e. The highest BCUT2D eigenvalue weighted by atomic mass is 19.1. The van der Waals surface area contributed by atoms with Crippen LogP contribution in [-0.2, 0) is 20.8 Å². The van der Waals surface area contributed by atoms with Gasteiger partial charge in [-0.25, -0.2) is 23.5 Å². The van der Waals surface area contributed by atoms with Crippen molar-refractivity contribution in [3.63, 3.8) is 0 Å². The molecule has 1 saturated heterocycles. The normalized spacial score (nSPS) is 17.2. The number of rotatable bonds is 6. The van der Waals surface area contributed by atoms with Crippen LogP contribution in [0.4, 0.5) is 4.39 Å². The summed E-state index contributed by atoms with van der Waals surface area (Å²) in [5.41, 5.74) is -0.647. The zero-order valence-corrected chi connectivity index (χ0v) is 17.3. The third-order valence-corrected chi connectivity index (χ3v) is 5.40. The molecule has 1 aliphatic rings. The number of hydrogen-bond acceptors (Lipinski definition) is 6. The summed E-state index contributed by atoms with van der Waals surface area (Å²) in [4.78, 5) is 43.3. The minimum atomic E-state index is -0.826. The zero-order valence-electron chi connectivity index (χ0n) is 17.3. The Labute approximate surface area is 176 Å². The fourth-order valence-corrected chi connectivity index (χ4v) is 3.79. The SMILES string of the molecule is CCOC(=O)[C@@H](C)n1cnc2c1c(=O)n(C[C@@H]1CCCO1)c(=O)n2-c1ccc(F)cc1. The summed E-state index contributed by atoms with van der Waals surface area (Å²) >= 11 is 0. The lowest BCUT2D eigenvalue weighted by Crippen LogP contribution is -2.42. The number of benzene rings is 1. The Morgan fingerprint density at radius 3 is 2.71 bits per heavy atom. The maximum Gasteiger partial charge on any atom is 0.337 e. The van der Waals surface area contributed by atoms with Gasteiger partial charge in [-0.2, -0.15) is 0 Å². The van der Waals surface area contributed by atoms with E-state index in [9.17, 15) is 18.8 Å². The summed E-state index contributed by atoms with van der Waals surface area (Å²) in [6, 6.07) is 4.49. The van der Waals surface area contributed by atoms with E-state index < -0.39 is 29.1 Å². The summed E-state index contributed by atoms with van der Waals surface area (Å²) in [6.45, 7) is 4.13. The quantitative estimate of drug-likeness (QED) is 0.553. The highest BCUT2D eigenvalue weighted by Crippen LogP contribution is 2.19. The van der Waals surface area contributed by atoms with Gasteiger partial charge in [-0.05, 0) is 51.0 Å². The van der Waals surface area contributed by atoms with Gasteiger partial charge in [0, 0.05) is 6.61 Å². The topological polar surface area (TPSA) is 97.4 Å². The number of hydrogen-bond donors (Lipinski definition) is 0. The van der Waals surface area contributed by atoms with Crippen molar-refractivity contribution >= 4 is 17.1 Å². The first-order chi connectivity index (χ1) is 14.9. The molecule has 0 aliphatic carbocycles. The van der Waals surface area contributed by atoms with E-state index in [2.05, 4.69) is 4.98 Å². The fraction of sp³-hybridized carbons (Fsp3) is 0.429. The molecule has 3 aromatic rings. The summed E-state index contributed by atoms with van der Waals surface area (Å²) < 4.78 is 27.9. The molecule has 164 valence electrons. The number of halogens is 1. The van der Waals surface area contributed by atoms with Crippen molar-refractivity contribution in [1.82, 2.24) is 18.7 Å². The van der Waals surface area contributed by atoms with Gasteiger partial charge in [0.2, 0.25) is 0 Å². The van der Waals surface area contributed by atoms with Gasteiger partial charge in [0.15, 0.2) is 11.2 Å². The van der Waals surface area contributed by atoms with Crippen molar-refractivity contribution in [3.8, 4) is 5.69 Å². The van der Waals surface area contributed by atoms with Gasteiger partial charge in [-0.3, -0.25) is 9.36 Å². The third kappa shape index (κ3) is 3.78. The molecular weight excluding hydrogens is 407 g/mol. The molecule has 2 aromatic heterocycles. The van der Waals surface area contributed by atoms with Crippen molar-refractivity contribution in [3.05, 3.63) is 57.2 Å². The molecule has 1 aliphatic heterocycles. The lowest BCUT2D eigenvalue weighted by molar-refractivity contribution is -0.146. The number of carbonyl (C=O) groups is 1. The van der Waals surface area contributed by atoms with E-state index in [0.717, 1.165) is 17.4 Å². The second-order valence-electron chi connectivity index (χ2n) is 7.40. The number of carbonyl (C=O) groups excluding carboxylic acids is 1. The van der Waals surface area contributed by atoms with Crippen LogP contribution in [0.5, 0.6) is 0 Å². The van der Waals surface area contributed by atoms with E-state index >= 15 is 0 Å². The van der Waals surface area contributed by atoms with Crippen LogP contribution in [0.1, 0.15) is 32.7 Å². The van der Waals surface area contributed by atoms with Gasteiger partial charge < -0.3 is 14.0 Å². The smallest absolute Gasteiger partial charge is 0.337 e. The molecule has 0 amide bonds. The molecule has 3 heterocycles. The lowest BCUT2D eigenvalue weighted by atomic mass is 10.2. The number of ether oxygens (including phenoxy) is 2.